The third kappa shape index (κ3) is 5.65. The minimum absolute atomic E-state index is 0.117. The Kier molecular flexibility index (Phi) is 7.32. The number of halogens is 1. The molecule has 0 unspecified atom stereocenters. The average molecular weight is 460 g/mol. The molecule has 2 aromatic carbocycles. The molecule has 1 heterocycles. The number of hydrazine groups is 1. The third-order valence-corrected chi connectivity index (χ3v) is 5.50. The van der Waals surface area contributed by atoms with Gasteiger partial charge in [-0.15, -0.1) is 0 Å². The molecule has 0 aliphatic carbocycles. The zero-order chi connectivity index (χ0) is 22.4. The Morgan fingerprint density at radius 3 is 2.65 bits per heavy atom. The highest BCUT2D eigenvalue weighted by molar-refractivity contribution is 8.18. The topological polar surface area (TPSA) is 105 Å². The molecule has 0 saturated carbocycles. The predicted molar refractivity (Wildman–Crippen MR) is 117 cm³/mol. The van der Waals surface area contributed by atoms with E-state index < -0.39 is 23.0 Å². The van der Waals surface area contributed by atoms with Gasteiger partial charge < -0.3 is 4.74 Å². The summed E-state index contributed by atoms with van der Waals surface area (Å²) in [4.78, 5) is 50.1. The van der Waals surface area contributed by atoms with Crippen molar-refractivity contribution in [3.63, 3.8) is 0 Å². The van der Waals surface area contributed by atoms with Crippen LogP contribution in [0.3, 0.4) is 0 Å². The van der Waals surface area contributed by atoms with Gasteiger partial charge in [-0.05, 0) is 47.7 Å². The molecule has 10 heteroatoms. The molecule has 4 amide bonds. The zero-order valence-electron chi connectivity index (χ0n) is 16.4. The third-order valence-electron chi connectivity index (χ3n) is 4.26. The van der Waals surface area contributed by atoms with Crippen molar-refractivity contribution < 1.29 is 23.9 Å². The van der Waals surface area contributed by atoms with Crippen molar-refractivity contribution in [3.8, 4) is 5.75 Å². The van der Waals surface area contributed by atoms with Crippen LogP contribution in [0.15, 0.2) is 53.4 Å². The Hall–Kier alpha value is -3.30. The molecule has 8 nitrogen and oxygen atoms in total. The Bertz CT molecular complexity index is 1070. The summed E-state index contributed by atoms with van der Waals surface area (Å²) in [6.45, 7) is -0.117. The van der Waals surface area contributed by atoms with E-state index in [4.69, 9.17) is 16.3 Å². The average Bonchev–Trinajstić information content (AvgIpc) is 3.03. The summed E-state index contributed by atoms with van der Waals surface area (Å²) in [6.07, 6.45) is 1.42. The van der Waals surface area contributed by atoms with Crippen molar-refractivity contribution in [1.29, 1.82) is 0 Å². The first-order valence-corrected chi connectivity index (χ1v) is 10.3. The van der Waals surface area contributed by atoms with Crippen LogP contribution in [0.1, 0.15) is 22.3 Å². The second-order valence-corrected chi connectivity index (χ2v) is 7.74. The second-order valence-electron chi connectivity index (χ2n) is 6.34. The Balaban J connectivity index is 1.54. The van der Waals surface area contributed by atoms with E-state index in [0.717, 1.165) is 16.7 Å². The first-order chi connectivity index (χ1) is 14.9. The normalized spacial score (nSPS) is 14.6. The van der Waals surface area contributed by atoms with Crippen molar-refractivity contribution >= 4 is 52.4 Å². The monoisotopic (exact) mass is 459 g/mol. The van der Waals surface area contributed by atoms with Crippen LogP contribution in [-0.4, -0.2) is 41.5 Å². The fourth-order valence-corrected chi connectivity index (χ4v) is 3.78. The van der Waals surface area contributed by atoms with Gasteiger partial charge >= 0.3 is 0 Å². The van der Waals surface area contributed by atoms with Crippen LogP contribution in [-0.2, 0) is 9.59 Å². The largest absolute Gasteiger partial charge is 0.497 e. The molecule has 1 fully saturated rings. The number of thioether (sulfide) groups is 1. The smallest absolute Gasteiger partial charge is 0.293 e. The van der Waals surface area contributed by atoms with Crippen molar-refractivity contribution in [2.45, 2.75) is 6.42 Å². The van der Waals surface area contributed by atoms with Gasteiger partial charge in [0.05, 0.1) is 22.6 Å². The number of imide groups is 1. The molecule has 0 aromatic heterocycles. The summed E-state index contributed by atoms with van der Waals surface area (Å²) in [5, 5.41) is -0.220. The summed E-state index contributed by atoms with van der Waals surface area (Å²) in [5.41, 5.74) is 5.41. The lowest BCUT2D eigenvalue weighted by Gasteiger charge is -2.13. The van der Waals surface area contributed by atoms with E-state index in [1.54, 1.807) is 48.5 Å². The van der Waals surface area contributed by atoms with E-state index in [9.17, 15) is 19.2 Å². The Morgan fingerprint density at radius 1 is 1.13 bits per heavy atom. The lowest BCUT2D eigenvalue weighted by molar-refractivity contribution is -0.124. The van der Waals surface area contributed by atoms with E-state index in [1.165, 1.54) is 13.2 Å². The number of hydrogen-bond acceptors (Lipinski definition) is 6. The maximum Gasteiger partial charge on any atom is 0.293 e. The van der Waals surface area contributed by atoms with Crippen molar-refractivity contribution in [1.82, 2.24) is 15.8 Å². The lowest BCUT2D eigenvalue weighted by Crippen LogP contribution is -2.43. The van der Waals surface area contributed by atoms with Crippen LogP contribution in [0, 0.1) is 0 Å². The Morgan fingerprint density at radius 2 is 1.90 bits per heavy atom. The lowest BCUT2D eigenvalue weighted by atomic mass is 10.2. The first-order valence-electron chi connectivity index (χ1n) is 9.12. The molecule has 2 N–H and O–H groups in total. The van der Waals surface area contributed by atoms with E-state index in [-0.39, 0.29) is 28.5 Å². The summed E-state index contributed by atoms with van der Waals surface area (Å²) in [5.74, 6) is -0.989. The molecule has 0 atom stereocenters. The summed E-state index contributed by atoms with van der Waals surface area (Å²) < 4.78 is 5.15. The minimum atomic E-state index is -0.577. The number of benzene rings is 2. The highest BCUT2D eigenvalue weighted by Crippen LogP contribution is 2.32. The molecule has 2 aromatic rings. The molecular weight excluding hydrogens is 442 g/mol. The van der Waals surface area contributed by atoms with Gasteiger partial charge in [0.2, 0.25) is 5.91 Å². The number of nitrogens with one attached hydrogen (secondary N) is 2. The number of carbonyl (C=O) groups is 4. The highest BCUT2D eigenvalue weighted by Gasteiger charge is 2.35. The molecule has 0 radical (unpaired) electrons. The van der Waals surface area contributed by atoms with Gasteiger partial charge in [-0.25, -0.2) is 0 Å². The fourth-order valence-electron chi connectivity index (χ4n) is 2.69. The van der Waals surface area contributed by atoms with E-state index >= 15 is 0 Å². The molecule has 1 aliphatic heterocycles. The molecule has 31 heavy (non-hydrogen) atoms. The van der Waals surface area contributed by atoms with Gasteiger partial charge in [0.25, 0.3) is 17.1 Å². The molecular formula is C21H18ClN3O5S. The standard InChI is InChI=1S/C21H18ClN3O5S/c1-30-14-6-4-5-13(11-14)12-17-20(28)25(21(29)31-17)10-9-18(26)23-24-19(27)15-7-2-3-8-16(15)22/h2-8,11-12H,9-10H2,1H3,(H,23,26)(H,24,27)/b17-12-. The number of carbonyl (C=O) groups excluding carboxylic acids is 4. The molecule has 1 saturated heterocycles. The molecule has 3 rings (SSSR count). The van der Waals surface area contributed by atoms with Crippen LogP contribution in [0.4, 0.5) is 4.79 Å². The zero-order valence-corrected chi connectivity index (χ0v) is 18.0. The summed E-state index contributed by atoms with van der Waals surface area (Å²) >= 11 is 6.73. The predicted octanol–water partition coefficient (Wildman–Crippen LogP) is 3.24. The molecule has 0 spiro atoms. The number of hydrogen-bond donors (Lipinski definition) is 2. The van der Waals surface area contributed by atoms with Gasteiger partial charge in [-0.2, -0.15) is 0 Å². The van der Waals surface area contributed by atoms with Crippen LogP contribution >= 0.6 is 23.4 Å². The second kappa shape index (κ2) is 10.1. The van der Waals surface area contributed by atoms with Crippen molar-refractivity contribution in [2.24, 2.45) is 0 Å². The van der Waals surface area contributed by atoms with Gasteiger partial charge in [0.1, 0.15) is 5.75 Å². The van der Waals surface area contributed by atoms with E-state index in [2.05, 4.69) is 10.9 Å². The Labute approximate surface area is 187 Å². The number of ether oxygens (including phenoxy) is 1. The van der Waals surface area contributed by atoms with Crippen LogP contribution in [0.25, 0.3) is 6.08 Å². The maximum absolute atomic E-state index is 12.5. The number of amides is 4. The van der Waals surface area contributed by atoms with Crippen molar-refractivity contribution in [2.75, 3.05) is 13.7 Å². The van der Waals surface area contributed by atoms with Gasteiger partial charge in [-0.1, -0.05) is 35.9 Å². The van der Waals surface area contributed by atoms with Gasteiger partial charge in [-0.3, -0.25) is 34.9 Å². The summed E-state index contributed by atoms with van der Waals surface area (Å²) in [7, 11) is 1.54. The van der Waals surface area contributed by atoms with Crippen LogP contribution in [0.2, 0.25) is 5.02 Å². The van der Waals surface area contributed by atoms with Crippen molar-refractivity contribution in [3.05, 3.63) is 69.6 Å². The van der Waals surface area contributed by atoms with E-state index in [0.29, 0.717) is 11.3 Å². The minimum Gasteiger partial charge on any atom is -0.497 e. The van der Waals surface area contributed by atoms with Crippen LogP contribution < -0.4 is 15.6 Å². The molecule has 1 aliphatic rings. The first kappa shape index (κ1) is 22.4. The number of methoxy groups -OCH3 is 1. The fraction of sp³-hybridized carbons (Fsp3) is 0.143. The van der Waals surface area contributed by atoms with E-state index in [1.807, 2.05) is 0 Å². The van der Waals surface area contributed by atoms with Gasteiger partial charge in [0.15, 0.2) is 0 Å². The molecule has 0 bridgehead atoms. The molecule has 160 valence electrons. The SMILES string of the molecule is COc1cccc(/C=C2\SC(=O)N(CCC(=O)NNC(=O)c3ccccc3Cl)C2=O)c1. The maximum atomic E-state index is 12.5. The number of nitrogens with zero attached hydrogens (tertiary/aromatic N) is 1. The van der Waals surface area contributed by atoms with Gasteiger partial charge in [0, 0.05) is 13.0 Å². The highest BCUT2D eigenvalue weighted by atomic mass is 35.5. The quantitative estimate of drug-likeness (QED) is 0.507. The number of rotatable bonds is 6. The summed E-state index contributed by atoms with van der Waals surface area (Å²) in [6, 6.07) is 13.4. The van der Waals surface area contributed by atoms with Crippen LogP contribution in [0.5, 0.6) is 5.75 Å².